The monoisotopic (exact) mass is 485 g/mol. The number of nitrogens with one attached hydrogen (secondary N) is 1. The number of aryl methyl sites for hydroxylation is 2. The van der Waals surface area contributed by atoms with Crippen LogP contribution in [0.1, 0.15) is 56.6 Å². The highest BCUT2D eigenvalue weighted by Gasteiger charge is 2.42. The molecule has 3 aliphatic rings. The molecular weight excluding hydrogens is 446 g/mol. The van der Waals surface area contributed by atoms with E-state index in [1.807, 2.05) is 11.0 Å². The maximum Gasteiger partial charge on any atom is 0.223 e. The Morgan fingerprint density at radius 3 is 2.57 bits per heavy atom. The molecule has 3 heterocycles. The molecule has 2 fully saturated rings. The summed E-state index contributed by atoms with van der Waals surface area (Å²) >= 11 is 0. The van der Waals surface area contributed by atoms with Crippen molar-refractivity contribution in [1.82, 2.24) is 15.1 Å². The van der Waals surface area contributed by atoms with Crippen molar-refractivity contribution in [3.63, 3.8) is 0 Å². The molecule has 0 spiro atoms. The van der Waals surface area contributed by atoms with Crippen molar-refractivity contribution >= 4 is 17.7 Å². The lowest BCUT2D eigenvalue weighted by Crippen LogP contribution is -2.59. The molecule has 1 aromatic rings. The number of piperidine rings is 2. The number of methoxy groups -OCH3 is 2. The van der Waals surface area contributed by atoms with E-state index in [-0.39, 0.29) is 29.7 Å². The van der Waals surface area contributed by atoms with Crippen LogP contribution in [0.3, 0.4) is 0 Å². The summed E-state index contributed by atoms with van der Waals surface area (Å²) in [6.45, 7) is 4.35. The van der Waals surface area contributed by atoms with Crippen LogP contribution in [0.25, 0.3) is 0 Å². The molecular formula is C27H39N3O5. The summed E-state index contributed by atoms with van der Waals surface area (Å²) in [5.41, 5.74) is 2.09. The van der Waals surface area contributed by atoms with Crippen LogP contribution in [0, 0.1) is 11.8 Å². The van der Waals surface area contributed by atoms with Crippen molar-refractivity contribution in [2.75, 3.05) is 40.4 Å². The highest BCUT2D eigenvalue weighted by atomic mass is 16.5. The molecule has 0 unspecified atom stereocenters. The molecule has 3 aliphatic heterocycles. The van der Waals surface area contributed by atoms with Gasteiger partial charge in [0.1, 0.15) is 0 Å². The van der Waals surface area contributed by atoms with Gasteiger partial charge in [-0.15, -0.1) is 0 Å². The second-order valence-corrected chi connectivity index (χ2v) is 10.2. The number of ether oxygens (including phenoxy) is 2. The fourth-order valence-corrected chi connectivity index (χ4v) is 6.16. The van der Waals surface area contributed by atoms with Crippen molar-refractivity contribution in [3.8, 4) is 11.5 Å². The standard InChI is InChI=1S/C27H39N3O5/c1-18(31)29-15-20-13-22(17-29)23-7-4-8-25(32)28-11-5-6-21-12-19(9-10-26(33)30(23)16-20)14-24(34-2)27(21)35-3/h12,14,20,22-23H,4-11,13,15-17H2,1-3H3,(H,28,32)/t20-,22-,23-/m0/s1. The molecule has 0 saturated carbocycles. The Balaban J connectivity index is 1.58. The van der Waals surface area contributed by atoms with Gasteiger partial charge in [-0.2, -0.15) is 0 Å². The van der Waals surface area contributed by atoms with E-state index in [2.05, 4.69) is 16.3 Å². The third-order valence-corrected chi connectivity index (χ3v) is 7.83. The van der Waals surface area contributed by atoms with E-state index in [9.17, 15) is 14.4 Å². The molecule has 1 aromatic carbocycles. The van der Waals surface area contributed by atoms with E-state index in [0.29, 0.717) is 56.3 Å². The zero-order valence-electron chi connectivity index (χ0n) is 21.3. The quantitative estimate of drug-likeness (QED) is 0.696. The second-order valence-electron chi connectivity index (χ2n) is 10.2. The van der Waals surface area contributed by atoms with Gasteiger partial charge in [0.25, 0.3) is 0 Å². The average Bonchev–Trinajstić information content (AvgIpc) is 2.85. The maximum absolute atomic E-state index is 13.5. The number of benzene rings is 1. The Hall–Kier alpha value is -2.77. The number of nitrogens with zero attached hydrogens (tertiary/aromatic N) is 2. The molecule has 0 aliphatic carbocycles. The average molecular weight is 486 g/mol. The zero-order chi connectivity index (χ0) is 24.9. The summed E-state index contributed by atoms with van der Waals surface area (Å²) < 4.78 is 11.2. The predicted octanol–water partition coefficient (Wildman–Crippen LogP) is 2.56. The number of hydrogen-bond donors (Lipinski definition) is 1. The normalized spacial score (nSPS) is 26.0. The molecule has 4 bridgehead atoms. The van der Waals surface area contributed by atoms with Gasteiger partial charge in [-0.25, -0.2) is 0 Å². The molecule has 192 valence electrons. The van der Waals surface area contributed by atoms with Crippen molar-refractivity contribution in [2.24, 2.45) is 11.8 Å². The molecule has 3 amide bonds. The minimum atomic E-state index is 0.0518. The molecule has 2 saturated heterocycles. The van der Waals surface area contributed by atoms with Gasteiger partial charge in [0, 0.05) is 52.0 Å². The molecule has 1 N–H and O–H groups in total. The number of fused-ring (bicyclic) bond motifs is 6. The third-order valence-electron chi connectivity index (χ3n) is 7.83. The first-order chi connectivity index (χ1) is 16.9. The Kier molecular flexibility index (Phi) is 8.19. The SMILES string of the molecule is COc1cc2cc(c1OC)CCCNC(=O)CCC[C@H]1[C@H]3C[C@@H](CN(C(C)=O)C3)CN1C(=O)CC2. The zero-order valence-corrected chi connectivity index (χ0v) is 21.3. The number of hydrogen-bond acceptors (Lipinski definition) is 5. The number of carbonyl (C=O) groups is 3. The van der Waals surface area contributed by atoms with E-state index in [1.54, 1.807) is 21.1 Å². The summed E-state index contributed by atoms with van der Waals surface area (Å²) in [6, 6.07) is 4.14. The first-order valence-electron chi connectivity index (χ1n) is 12.9. The summed E-state index contributed by atoms with van der Waals surface area (Å²) in [5, 5.41) is 3.04. The van der Waals surface area contributed by atoms with Crippen LogP contribution in [0.15, 0.2) is 12.1 Å². The van der Waals surface area contributed by atoms with Crippen molar-refractivity contribution in [3.05, 3.63) is 23.3 Å². The minimum absolute atomic E-state index is 0.0518. The summed E-state index contributed by atoms with van der Waals surface area (Å²) in [4.78, 5) is 42.1. The minimum Gasteiger partial charge on any atom is -0.493 e. The third kappa shape index (κ3) is 5.90. The molecule has 3 atom stereocenters. The van der Waals surface area contributed by atoms with Crippen LogP contribution in [0.5, 0.6) is 11.5 Å². The van der Waals surface area contributed by atoms with Crippen LogP contribution < -0.4 is 14.8 Å². The van der Waals surface area contributed by atoms with Crippen LogP contribution in [-0.2, 0) is 27.2 Å². The smallest absolute Gasteiger partial charge is 0.223 e. The number of carbonyl (C=O) groups excluding carboxylic acids is 3. The second kappa shape index (κ2) is 11.3. The number of likely N-dealkylation sites (tertiary alicyclic amines) is 1. The highest BCUT2D eigenvalue weighted by Crippen LogP contribution is 2.37. The number of rotatable bonds is 2. The lowest BCUT2D eigenvalue weighted by Gasteiger charge is -2.51. The largest absolute Gasteiger partial charge is 0.493 e. The summed E-state index contributed by atoms with van der Waals surface area (Å²) in [5.74, 6) is 2.30. The molecule has 4 rings (SSSR count). The number of amides is 3. The first-order valence-corrected chi connectivity index (χ1v) is 12.9. The van der Waals surface area contributed by atoms with E-state index in [4.69, 9.17) is 9.47 Å². The lowest BCUT2D eigenvalue weighted by atomic mass is 9.77. The van der Waals surface area contributed by atoms with Crippen LogP contribution in [-0.4, -0.2) is 74.0 Å². The topological polar surface area (TPSA) is 88.2 Å². The van der Waals surface area contributed by atoms with E-state index < -0.39 is 0 Å². The van der Waals surface area contributed by atoms with Crippen LogP contribution in [0.2, 0.25) is 0 Å². The van der Waals surface area contributed by atoms with Crippen LogP contribution in [0.4, 0.5) is 0 Å². The molecule has 0 aromatic heterocycles. The Morgan fingerprint density at radius 2 is 1.83 bits per heavy atom. The Morgan fingerprint density at radius 1 is 1.00 bits per heavy atom. The first kappa shape index (κ1) is 25.3. The van der Waals surface area contributed by atoms with Gasteiger partial charge in [-0.05, 0) is 67.6 Å². The fraction of sp³-hybridized carbons (Fsp3) is 0.667. The van der Waals surface area contributed by atoms with Gasteiger partial charge >= 0.3 is 0 Å². The maximum atomic E-state index is 13.5. The predicted molar refractivity (Wildman–Crippen MR) is 132 cm³/mol. The van der Waals surface area contributed by atoms with Gasteiger partial charge in [-0.3, -0.25) is 14.4 Å². The Bertz CT molecular complexity index is 949. The van der Waals surface area contributed by atoms with E-state index in [0.717, 1.165) is 49.8 Å². The summed E-state index contributed by atoms with van der Waals surface area (Å²) in [6.07, 6.45) is 5.67. The van der Waals surface area contributed by atoms with E-state index >= 15 is 0 Å². The van der Waals surface area contributed by atoms with Gasteiger partial charge in [-0.1, -0.05) is 6.07 Å². The highest BCUT2D eigenvalue weighted by molar-refractivity contribution is 5.78. The van der Waals surface area contributed by atoms with Gasteiger partial charge in [0.15, 0.2) is 11.5 Å². The molecule has 0 radical (unpaired) electrons. The van der Waals surface area contributed by atoms with Crippen molar-refractivity contribution < 1.29 is 23.9 Å². The van der Waals surface area contributed by atoms with Gasteiger partial charge in [0.2, 0.25) is 17.7 Å². The fourth-order valence-electron chi connectivity index (χ4n) is 6.16. The lowest BCUT2D eigenvalue weighted by molar-refractivity contribution is -0.144. The molecule has 35 heavy (non-hydrogen) atoms. The van der Waals surface area contributed by atoms with Crippen molar-refractivity contribution in [1.29, 1.82) is 0 Å². The van der Waals surface area contributed by atoms with Crippen molar-refractivity contribution in [2.45, 2.75) is 64.3 Å². The molecule has 8 heteroatoms. The van der Waals surface area contributed by atoms with E-state index in [1.165, 1.54) is 0 Å². The Labute approximate surface area is 208 Å². The van der Waals surface area contributed by atoms with Gasteiger partial charge < -0.3 is 24.6 Å². The molecule has 8 nitrogen and oxygen atoms in total. The summed E-state index contributed by atoms with van der Waals surface area (Å²) in [7, 11) is 3.27. The van der Waals surface area contributed by atoms with Crippen LogP contribution >= 0.6 is 0 Å². The van der Waals surface area contributed by atoms with Gasteiger partial charge in [0.05, 0.1) is 14.2 Å².